The van der Waals surface area contributed by atoms with E-state index in [1.165, 1.54) is 6.08 Å². The van der Waals surface area contributed by atoms with Crippen molar-refractivity contribution in [1.82, 2.24) is 13.7 Å². The smallest absolute Gasteiger partial charge is 0.339 e. The Bertz CT molecular complexity index is 3480. The SMILES string of the molecule is C=CCn1c(=O)n(CC(O)COC(=O)c2c3ccccc3cc3ccccc23)c(=O)n(CC(COC(=O)c2c3ccccc3cc3ccccc23)OC(=O)c2ccc3ccccc3c2)c1=O. The molecule has 0 aliphatic heterocycles. The Morgan fingerprint density at radius 3 is 1.42 bits per heavy atom. The normalized spacial score (nSPS) is 12.3. The number of esters is 3. The third-order valence-corrected chi connectivity index (χ3v) is 11.5. The van der Waals surface area contributed by atoms with Crippen molar-refractivity contribution in [2.45, 2.75) is 31.8 Å². The molecule has 66 heavy (non-hydrogen) atoms. The van der Waals surface area contributed by atoms with Crippen LogP contribution in [0.1, 0.15) is 31.1 Å². The van der Waals surface area contributed by atoms with Crippen molar-refractivity contribution in [3.8, 4) is 0 Å². The topological polar surface area (TPSA) is 165 Å². The first-order valence-electron chi connectivity index (χ1n) is 21.2. The van der Waals surface area contributed by atoms with Crippen LogP contribution in [0.25, 0.3) is 53.9 Å². The van der Waals surface area contributed by atoms with Crippen LogP contribution < -0.4 is 17.1 Å². The Hall–Kier alpha value is -8.42. The highest BCUT2D eigenvalue weighted by atomic mass is 16.6. The van der Waals surface area contributed by atoms with Crippen molar-refractivity contribution in [3.05, 3.63) is 212 Å². The van der Waals surface area contributed by atoms with E-state index in [9.17, 15) is 33.9 Å². The highest BCUT2D eigenvalue weighted by molar-refractivity contribution is 6.17. The molecule has 0 saturated carbocycles. The number of rotatable bonds is 14. The van der Waals surface area contributed by atoms with Crippen LogP contribution in [-0.2, 0) is 33.8 Å². The summed E-state index contributed by atoms with van der Waals surface area (Å²) in [6, 6.07) is 45.5. The zero-order chi connectivity index (χ0) is 45.9. The second-order valence-corrected chi connectivity index (χ2v) is 15.8. The summed E-state index contributed by atoms with van der Waals surface area (Å²) < 4.78 is 19.5. The summed E-state index contributed by atoms with van der Waals surface area (Å²) >= 11 is 0. The molecule has 1 heterocycles. The lowest BCUT2D eigenvalue weighted by atomic mass is 9.97. The van der Waals surface area contributed by atoms with E-state index in [-0.39, 0.29) is 23.2 Å². The van der Waals surface area contributed by atoms with Gasteiger partial charge in [-0.2, -0.15) is 0 Å². The van der Waals surface area contributed by atoms with E-state index in [4.69, 9.17) is 14.2 Å². The van der Waals surface area contributed by atoms with Gasteiger partial charge in [0.05, 0.1) is 36.3 Å². The Kier molecular flexibility index (Phi) is 11.9. The Balaban J connectivity index is 1.03. The second-order valence-electron chi connectivity index (χ2n) is 15.8. The number of ether oxygens (including phenoxy) is 3. The van der Waals surface area contributed by atoms with Crippen LogP contribution in [-0.4, -0.2) is 62.1 Å². The van der Waals surface area contributed by atoms with Gasteiger partial charge in [-0.25, -0.2) is 42.5 Å². The van der Waals surface area contributed by atoms with Crippen LogP contribution in [0.15, 0.2) is 179 Å². The molecule has 0 aliphatic rings. The van der Waals surface area contributed by atoms with Gasteiger partial charge in [-0.05, 0) is 78.1 Å². The average Bonchev–Trinajstić information content (AvgIpc) is 3.34. The fraction of sp³-hybridized carbons (Fsp3) is 0.132. The van der Waals surface area contributed by atoms with Gasteiger partial charge >= 0.3 is 35.0 Å². The predicted molar refractivity (Wildman–Crippen MR) is 252 cm³/mol. The zero-order valence-corrected chi connectivity index (χ0v) is 35.4. The molecule has 9 aromatic rings. The molecule has 0 fully saturated rings. The van der Waals surface area contributed by atoms with E-state index in [1.807, 2.05) is 84.9 Å². The zero-order valence-electron chi connectivity index (χ0n) is 35.4. The average molecular weight is 880 g/mol. The van der Waals surface area contributed by atoms with E-state index in [1.54, 1.807) is 66.7 Å². The Morgan fingerprint density at radius 2 is 0.924 bits per heavy atom. The summed E-state index contributed by atoms with van der Waals surface area (Å²) in [6.07, 6.45) is -1.77. The van der Waals surface area contributed by atoms with Crippen molar-refractivity contribution in [1.29, 1.82) is 0 Å². The molecule has 9 rings (SSSR count). The number of aliphatic hydroxyl groups is 1. The van der Waals surface area contributed by atoms with Gasteiger partial charge in [0.1, 0.15) is 19.3 Å². The minimum Gasteiger partial charge on any atom is -0.459 e. The summed E-state index contributed by atoms with van der Waals surface area (Å²) in [6.45, 7) is 0.732. The summed E-state index contributed by atoms with van der Waals surface area (Å²) in [5.41, 5.74) is -2.58. The number of aromatic nitrogens is 3. The maximum atomic E-state index is 14.3. The van der Waals surface area contributed by atoms with Gasteiger partial charge < -0.3 is 19.3 Å². The Labute approximate surface area is 375 Å². The number of carbonyl (C=O) groups excluding carboxylic acids is 3. The summed E-state index contributed by atoms with van der Waals surface area (Å²) in [5.74, 6) is -2.31. The van der Waals surface area contributed by atoms with Crippen LogP contribution in [0.4, 0.5) is 0 Å². The number of benzene rings is 8. The molecule has 0 amide bonds. The van der Waals surface area contributed by atoms with Crippen LogP contribution in [0.5, 0.6) is 0 Å². The molecular formula is C53H41N3O10. The van der Waals surface area contributed by atoms with Crippen molar-refractivity contribution in [2.75, 3.05) is 13.2 Å². The third kappa shape index (κ3) is 8.38. The van der Waals surface area contributed by atoms with Gasteiger partial charge in [0.2, 0.25) is 0 Å². The standard InChI is InChI=1S/C53H41N3O10/c1-2-25-54-51(61)55(29-40(57)31-64-49(59)46-42-19-9-5-15-35(42)27-36-16-6-10-20-43(36)46)53(63)56(52(54)62)30-41(66-48(58)39-24-23-33-13-3-4-14-34(33)26-39)32-65-50(60)47-44-21-11-7-17-37(44)28-38-18-8-12-22-45(38)47/h2-24,26-28,40-41,57H,1,25,29-32H2. The largest absolute Gasteiger partial charge is 0.459 e. The van der Waals surface area contributed by atoms with Crippen LogP contribution >= 0.6 is 0 Å². The number of nitrogens with zero attached hydrogens (tertiary/aromatic N) is 3. The molecule has 2 unspecified atom stereocenters. The first-order valence-corrected chi connectivity index (χ1v) is 21.2. The number of allylic oxidation sites excluding steroid dienone is 1. The maximum absolute atomic E-state index is 14.3. The van der Waals surface area contributed by atoms with Gasteiger partial charge in [0.25, 0.3) is 0 Å². The second kappa shape index (κ2) is 18.4. The van der Waals surface area contributed by atoms with Crippen LogP contribution in [0, 0.1) is 0 Å². The fourth-order valence-corrected chi connectivity index (χ4v) is 8.36. The quantitative estimate of drug-likeness (QED) is 0.0503. The molecule has 0 bridgehead atoms. The minimum absolute atomic E-state index is 0.153. The molecule has 0 saturated heterocycles. The highest BCUT2D eigenvalue weighted by Gasteiger charge is 2.27. The van der Waals surface area contributed by atoms with Gasteiger partial charge in [-0.3, -0.25) is 0 Å². The molecule has 328 valence electrons. The summed E-state index contributed by atoms with van der Waals surface area (Å²) in [5, 5.41) is 18.6. The Morgan fingerprint density at radius 1 is 0.500 bits per heavy atom. The molecular weight excluding hydrogens is 839 g/mol. The minimum atomic E-state index is -1.60. The van der Waals surface area contributed by atoms with Gasteiger partial charge in [-0.15, -0.1) is 6.58 Å². The van der Waals surface area contributed by atoms with Crippen LogP contribution in [0.3, 0.4) is 0 Å². The maximum Gasteiger partial charge on any atom is 0.339 e. The number of aliphatic hydroxyl groups excluding tert-OH is 1. The number of carbonyl (C=O) groups is 3. The molecule has 13 nitrogen and oxygen atoms in total. The molecule has 8 aromatic carbocycles. The summed E-state index contributed by atoms with van der Waals surface area (Å²) in [4.78, 5) is 83.7. The van der Waals surface area contributed by atoms with Gasteiger partial charge in [0, 0.05) is 0 Å². The van der Waals surface area contributed by atoms with E-state index in [0.29, 0.717) is 30.7 Å². The number of hydrogen-bond donors (Lipinski definition) is 1. The predicted octanol–water partition coefficient (Wildman–Crippen LogP) is 7.42. The number of fused-ring (bicyclic) bond motifs is 5. The summed E-state index contributed by atoms with van der Waals surface area (Å²) in [7, 11) is 0. The lowest BCUT2D eigenvalue weighted by Gasteiger charge is -2.21. The van der Waals surface area contributed by atoms with Crippen molar-refractivity contribution >= 4 is 71.8 Å². The lowest BCUT2D eigenvalue weighted by Crippen LogP contribution is -2.56. The molecule has 0 spiro atoms. The van der Waals surface area contributed by atoms with E-state index >= 15 is 0 Å². The lowest BCUT2D eigenvalue weighted by molar-refractivity contribution is -0.00616. The monoisotopic (exact) mass is 879 g/mol. The van der Waals surface area contributed by atoms with E-state index in [2.05, 4.69) is 6.58 Å². The molecule has 1 N–H and O–H groups in total. The number of hydrogen-bond acceptors (Lipinski definition) is 10. The van der Waals surface area contributed by atoms with Crippen molar-refractivity contribution < 1.29 is 33.7 Å². The molecule has 2 atom stereocenters. The molecule has 13 heteroatoms. The van der Waals surface area contributed by atoms with E-state index in [0.717, 1.165) is 36.9 Å². The third-order valence-electron chi connectivity index (χ3n) is 11.5. The first-order chi connectivity index (χ1) is 32.1. The molecule has 1 aromatic heterocycles. The van der Waals surface area contributed by atoms with Gasteiger partial charge in [0.15, 0.2) is 6.10 Å². The fourth-order valence-electron chi connectivity index (χ4n) is 8.36. The molecule has 0 aliphatic carbocycles. The first kappa shape index (κ1) is 42.9. The van der Waals surface area contributed by atoms with Crippen LogP contribution in [0.2, 0.25) is 0 Å². The molecule has 0 radical (unpaired) electrons. The van der Waals surface area contributed by atoms with Crippen molar-refractivity contribution in [2.24, 2.45) is 0 Å². The van der Waals surface area contributed by atoms with Gasteiger partial charge in [-0.1, -0.05) is 133 Å². The van der Waals surface area contributed by atoms with Crippen molar-refractivity contribution in [3.63, 3.8) is 0 Å². The van der Waals surface area contributed by atoms with E-state index < -0.39 is 73.5 Å². The highest BCUT2D eigenvalue weighted by Crippen LogP contribution is 2.31.